The molecule has 1 heterocycles. The van der Waals surface area contributed by atoms with Crippen molar-refractivity contribution in [2.24, 2.45) is 0 Å². The van der Waals surface area contributed by atoms with Crippen molar-refractivity contribution >= 4 is 11.7 Å². The van der Waals surface area contributed by atoms with Gasteiger partial charge < -0.3 is 5.32 Å². The van der Waals surface area contributed by atoms with Crippen LogP contribution in [0.5, 0.6) is 0 Å². The summed E-state index contributed by atoms with van der Waals surface area (Å²) in [6.45, 7) is 0.423. The van der Waals surface area contributed by atoms with Gasteiger partial charge in [0.1, 0.15) is 0 Å². The molecule has 1 N–H and O–H groups in total. The Labute approximate surface area is 124 Å². The minimum atomic E-state index is -0.0542. The lowest BCUT2D eigenvalue weighted by Gasteiger charge is -2.04. The van der Waals surface area contributed by atoms with E-state index in [9.17, 15) is 9.59 Å². The molecule has 1 amide bonds. The van der Waals surface area contributed by atoms with Gasteiger partial charge in [-0.15, -0.1) is 0 Å². The molecule has 0 bridgehead atoms. The van der Waals surface area contributed by atoms with Crippen molar-refractivity contribution < 1.29 is 9.59 Å². The number of nitrogens with one attached hydrogen (secondary N) is 1. The first-order chi connectivity index (χ1) is 10.3. The number of ketones is 1. The second-order valence-corrected chi connectivity index (χ2v) is 4.74. The summed E-state index contributed by atoms with van der Waals surface area (Å²) in [4.78, 5) is 27.7. The molecule has 0 fully saturated rings. The van der Waals surface area contributed by atoms with E-state index < -0.39 is 0 Å². The normalized spacial score (nSPS) is 10.1. The second kappa shape index (κ2) is 7.94. The van der Waals surface area contributed by atoms with Gasteiger partial charge in [0, 0.05) is 24.6 Å². The lowest BCUT2D eigenvalue weighted by atomic mass is 10.1. The van der Waals surface area contributed by atoms with E-state index in [1.807, 2.05) is 36.4 Å². The van der Waals surface area contributed by atoms with E-state index in [0.717, 1.165) is 5.69 Å². The number of carbonyl (C=O) groups is 2. The number of nitrogens with zero attached hydrogens (tertiary/aromatic N) is 1. The summed E-state index contributed by atoms with van der Waals surface area (Å²) in [5.74, 6) is 0.0228. The number of hydrogen-bond acceptors (Lipinski definition) is 3. The third-order valence-corrected chi connectivity index (χ3v) is 3.10. The standard InChI is InChI=1S/C17H18N2O2/c20-16(14-7-2-1-3-8-14)10-6-11-17(21)19-13-15-9-4-5-12-18-15/h1-5,7-9,12H,6,10-11,13H2,(H,19,21). The van der Waals surface area contributed by atoms with Gasteiger partial charge in [-0.2, -0.15) is 0 Å². The highest BCUT2D eigenvalue weighted by molar-refractivity contribution is 5.96. The lowest BCUT2D eigenvalue weighted by molar-refractivity contribution is -0.121. The first-order valence-corrected chi connectivity index (χ1v) is 7.00. The zero-order valence-electron chi connectivity index (χ0n) is 11.8. The van der Waals surface area contributed by atoms with E-state index in [0.29, 0.717) is 31.4 Å². The molecule has 0 aliphatic carbocycles. The van der Waals surface area contributed by atoms with Crippen LogP contribution in [0.3, 0.4) is 0 Å². The van der Waals surface area contributed by atoms with Crippen LogP contribution in [0.15, 0.2) is 54.7 Å². The topological polar surface area (TPSA) is 59.1 Å². The van der Waals surface area contributed by atoms with Crippen LogP contribution < -0.4 is 5.32 Å². The van der Waals surface area contributed by atoms with Gasteiger partial charge >= 0.3 is 0 Å². The van der Waals surface area contributed by atoms with Crippen LogP contribution in [0.1, 0.15) is 35.3 Å². The van der Waals surface area contributed by atoms with Gasteiger partial charge in [0.25, 0.3) is 0 Å². The molecule has 0 atom stereocenters. The van der Waals surface area contributed by atoms with Crippen molar-refractivity contribution in [2.75, 3.05) is 0 Å². The van der Waals surface area contributed by atoms with Crippen LogP contribution in [0.4, 0.5) is 0 Å². The number of amides is 1. The molecule has 1 aromatic heterocycles. The summed E-state index contributed by atoms with van der Waals surface area (Å²) in [5, 5.41) is 2.80. The van der Waals surface area contributed by atoms with Crippen LogP contribution in [0.25, 0.3) is 0 Å². The predicted octanol–water partition coefficient (Wildman–Crippen LogP) is 2.75. The molecule has 108 valence electrons. The number of Topliss-reactive ketones (excluding diaryl/α,β-unsaturated/α-hetero) is 1. The predicted molar refractivity (Wildman–Crippen MR) is 80.7 cm³/mol. The molecule has 0 aliphatic heterocycles. The van der Waals surface area contributed by atoms with Gasteiger partial charge in [-0.25, -0.2) is 0 Å². The average molecular weight is 282 g/mol. The Hall–Kier alpha value is -2.49. The summed E-state index contributed by atoms with van der Waals surface area (Å²) in [7, 11) is 0. The van der Waals surface area contributed by atoms with Crippen molar-refractivity contribution in [1.29, 1.82) is 0 Å². The molecule has 0 spiro atoms. The number of aromatic nitrogens is 1. The van der Waals surface area contributed by atoms with Gasteiger partial charge in [0.05, 0.1) is 12.2 Å². The number of pyridine rings is 1. The molecule has 4 heteroatoms. The monoisotopic (exact) mass is 282 g/mol. The Morgan fingerprint density at radius 2 is 1.71 bits per heavy atom. The molecule has 1 aromatic carbocycles. The van der Waals surface area contributed by atoms with Crippen LogP contribution in [0.2, 0.25) is 0 Å². The molecule has 0 radical (unpaired) electrons. The van der Waals surface area contributed by atoms with E-state index in [-0.39, 0.29) is 11.7 Å². The van der Waals surface area contributed by atoms with Crippen LogP contribution in [-0.4, -0.2) is 16.7 Å². The van der Waals surface area contributed by atoms with E-state index in [4.69, 9.17) is 0 Å². The fraction of sp³-hybridized carbons (Fsp3) is 0.235. The van der Waals surface area contributed by atoms with Gasteiger partial charge in [-0.1, -0.05) is 36.4 Å². The summed E-state index contributed by atoms with van der Waals surface area (Å²) < 4.78 is 0. The van der Waals surface area contributed by atoms with Crippen molar-refractivity contribution in [1.82, 2.24) is 10.3 Å². The SMILES string of the molecule is O=C(CCCC(=O)c1ccccc1)NCc1ccccn1. The highest BCUT2D eigenvalue weighted by Crippen LogP contribution is 2.06. The first-order valence-electron chi connectivity index (χ1n) is 7.00. The van der Waals surface area contributed by atoms with Crippen LogP contribution in [0, 0.1) is 0 Å². The van der Waals surface area contributed by atoms with Crippen molar-refractivity contribution in [2.45, 2.75) is 25.8 Å². The summed E-state index contributed by atoms with van der Waals surface area (Å²) in [6, 6.07) is 14.7. The smallest absolute Gasteiger partial charge is 0.220 e. The lowest BCUT2D eigenvalue weighted by Crippen LogP contribution is -2.23. The molecule has 21 heavy (non-hydrogen) atoms. The Morgan fingerprint density at radius 3 is 2.43 bits per heavy atom. The number of rotatable bonds is 7. The summed E-state index contributed by atoms with van der Waals surface area (Å²) >= 11 is 0. The molecule has 2 aromatic rings. The molecule has 0 aliphatic rings. The number of carbonyl (C=O) groups excluding carboxylic acids is 2. The van der Waals surface area contributed by atoms with Crippen molar-refractivity contribution in [3.8, 4) is 0 Å². The molecule has 0 unspecified atom stereocenters. The number of hydrogen-bond donors (Lipinski definition) is 1. The van der Waals surface area contributed by atoms with E-state index >= 15 is 0 Å². The Balaban J connectivity index is 1.66. The molecule has 4 nitrogen and oxygen atoms in total. The first kappa shape index (κ1) is 14.9. The fourth-order valence-electron chi connectivity index (χ4n) is 1.96. The van der Waals surface area contributed by atoms with Crippen molar-refractivity contribution in [3.63, 3.8) is 0 Å². The maximum atomic E-state index is 11.9. The molecular weight excluding hydrogens is 264 g/mol. The minimum Gasteiger partial charge on any atom is -0.350 e. The fourth-order valence-corrected chi connectivity index (χ4v) is 1.96. The molecular formula is C17H18N2O2. The Morgan fingerprint density at radius 1 is 0.952 bits per heavy atom. The van der Waals surface area contributed by atoms with Crippen LogP contribution in [-0.2, 0) is 11.3 Å². The third kappa shape index (κ3) is 5.18. The molecule has 2 rings (SSSR count). The molecule has 0 saturated heterocycles. The highest BCUT2D eigenvalue weighted by Gasteiger charge is 2.07. The molecule has 0 saturated carbocycles. The highest BCUT2D eigenvalue weighted by atomic mass is 16.1. The maximum absolute atomic E-state index is 11.9. The Bertz CT molecular complexity index is 582. The van der Waals surface area contributed by atoms with Gasteiger partial charge in [-0.05, 0) is 18.6 Å². The summed E-state index contributed by atoms with van der Waals surface area (Å²) in [5.41, 5.74) is 1.53. The average Bonchev–Trinajstić information content (AvgIpc) is 2.54. The van der Waals surface area contributed by atoms with Gasteiger partial charge in [0.2, 0.25) is 5.91 Å². The van der Waals surface area contributed by atoms with E-state index in [1.165, 1.54) is 0 Å². The van der Waals surface area contributed by atoms with E-state index in [2.05, 4.69) is 10.3 Å². The third-order valence-electron chi connectivity index (χ3n) is 3.10. The summed E-state index contributed by atoms with van der Waals surface area (Å²) in [6.07, 6.45) is 2.99. The maximum Gasteiger partial charge on any atom is 0.220 e. The van der Waals surface area contributed by atoms with Crippen LogP contribution >= 0.6 is 0 Å². The quantitative estimate of drug-likeness (QED) is 0.794. The number of benzene rings is 1. The Kier molecular flexibility index (Phi) is 5.64. The zero-order valence-corrected chi connectivity index (χ0v) is 11.8. The van der Waals surface area contributed by atoms with Crippen molar-refractivity contribution in [3.05, 3.63) is 66.0 Å². The van der Waals surface area contributed by atoms with Gasteiger partial charge in [0.15, 0.2) is 5.78 Å². The minimum absolute atomic E-state index is 0.0542. The van der Waals surface area contributed by atoms with E-state index in [1.54, 1.807) is 18.3 Å². The zero-order chi connectivity index (χ0) is 14.9. The largest absolute Gasteiger partial charge is 0.350 e. The van der Waals surface area contributed by atoms with Gasteiger partial charge in [-0.3, -0.25) is 14.6 Å². The second-order valence-electron chi connectivity index (χ2n) is 4.74.